The van der Waals surface area contributed by atoms with E-state index in [9.17, 15) is 5.11 Å². The fraction of sp³-hybridized carbons (Fsp3) is 0.286. The van der Waals surface area contributed by atoms with Gasteiger partial charge in [-0.2, -0.15) is 0 Å². The van der Waals surface area contributed by atoms with E-state index >= 15 is 0 Å². The molecule has 84 valence electrons. The van der Waals surface area contributed by atoms with Crippen molar-refractivity contribution >= 4 is 16.5 Å². The maximum Gasteiger partial charge on any atom is 0.0710 e. The van der Waals surface area contributed by atoms with Crippen molar-refractivity contribution in [3.05, 3.63) is 42.5 Å². The Hall–Kier alpha value is -1.54. The molecule has 16 heavy (non-hydrogen) atoms. The van der Waals surface area contributed by atoms with Gasteiger partial charge in [-0.25, -0.2) is 0 Å². The van der Waals surface area contributed by atoms with Crippen LogP contribution < -0.4 is 5.32 Å². The van der Waals surface area contributed by atoms with Crippen LogP contribution in [0.5, 0.6) is 0 Å². The number of rotatable bonds is 3. The lowest BCUT2D eigenvalue weighted by molar-refractivity contribution is 0.178. The van der Waals surface area contributed by atoms with Crippen LogP contribution in [0.2, 0.25) is 0 Å². The normalized spacial score (nSPS) is 14.7. The predicted molar refractivity (Wildman–Crippen MR) is 68.7 cm³/mol. The second-order valence-corrected chi connectivity index (χ2v) is 4.20. The molecule has 0 aliphatic heterocycles. The van der Waals surface area contributed by atoms with Crippen molar-refractivity contribution in [3.8, 4) is 0 Å². The average molecular weight is 215 g/mol. The first-order chi connectivity index (χ1) is 7.68. The summed E-state index contributed by atoms with van der Waals surface area (Å²) >= 11 is 0. The zero-order valence-corrected chi connectivity index (χ0v) is 9.64. The summed E-state index contributed by atoms with van der Waals surface area (Å²) in [5, 5.41) is 15.2. The summed E-state index contributed by atoms with van der Waals surface area (Å²) in [7, 11) is 0. The topological polar surface area (TPSA) is 32.3 Å². The fourth-order valence-corrected chi connectivity index (χ4v) is 1.72. The largest absolute Gasteiger partial charge is 0.391 e. The highest BCUT2D eigenvalue weighted by Gasteiger charge is 2.09. The molecule has 0 aliphatic carbocycles. The Morgan fingerprint density at radius 3 is 2.44 bits per heavy atom. The van der Waals surface area contributed by atoms with Crippen molar-refractivity contribution < 1.29 is 5.11 Å². The van der Waals surface area contributed by atoms with Crippen LogP contribution in [0.25, 0.3) is 10.8 Å². The van der Waals surface area contributed by atoms with Gasteiger partial charge in [0.25, 0.3) is 0 Å². The molecule has 0 spiro atoms. The summed E-state index contributed by atoms with van der Waals surface area (Å²) in [6.45, 7) is 3.77. The third kappa shape index (κ3) is 2.17. The highest BCUT2D eigenvalue weighted by Crippen LogP contribution is 2.23. The van der Waals surface area contributed by atoms with Gasteiger partial charge in [-0.05, 0) is 25.3 Å². The predicted octanol–water partition coefficient (Wildman–Crippen LogP) is 3.02. The Bertz CT molecular complexity index is 474. The van der Waals surface area contributed by atoms with Crippen molar-refractivity contribution in [2.45, 2.75) is 26.0 Å². The molecule has 0 saturated heterocycles. The van der Waals surface area contributed by atoms with Gasteiger partial charge in [-0.3, -0.25) is 0 Å². The average Bonchev–Trinajstić information content (AvgIpc) is 2.29. The summed E-state index contributed by atoms with van der Waals surface area (Å²) in [5.41, 5.74) is 1.08. The van der Waals surface area contributed by atoms with Gasteiger partial charge in [0.05, 0.1) is 6.10 Å². The summed E-state index contributed by atoms with van der Waals surface area (Å²) < 4.78 is 0. The van der Waals surface area contributed by atoms with Gasteiger partial charge < -0.3 is 10.4 Å². The molecule has 0 bridgehead atoms. The lowest BCUT2D eigenvalue weighted by atomic mass is 10.1. The second-order valence-electron chi connectivity index (χ2n) is 4.20. The number of aliphatic hydroxyl groups excluding tert-OH is 1. The van der Waals surface area contributed by atoms with E-state index in [1.54, 1.807) is 6.92 Å². The van der Waals surface area contributed by atoms with E-state index in [1.165, 1.54) is 10.8 Å². The summed E-state index contributed by atoms with van der Waals surface area (Å²) in [4.78, 5) is 0. The van der Waals surface area contributed by atoms with E-state index in [4.69, 9.17) is 0 Å². The lowest BCUT2D eigenvalue weighted by Crippen LogP contribution is -2.27. The minimum Gasteiger partial charge on any atom is -0.391 e. The first-order valence-electron chi connectivity index (χ1n) is 5.61. The van der Waals surface area contributed by atoms with E-state index in [-0.39, 0.29) is 12.1 Å². The van der Waals surface area contributed by atoms with E-state index in [2.05, 4.69) is 23.5 Å². The first-order valence-corrected chi connectivity index (χ1v) is 5.61. The Balaban J connectivity index is 2.37. The summed E-state index contributed by atoms with van der Waals surface area (Å²) in [5.74, 6) is 0. The van der Waals surface area contributed by atoms with Crippen LogP contribution in [0.1, 0.15) is 13.8 Å². The number of hydrogen-bond acceptors (Lipinski definition) is 2. The molecule has 2 rings (SSSR count). The number of nitrogens with one attached hydrogen (secondary N) is 1. The van der Waals surface area contributed by atoms with E-state index < -0.39 is 0 Å². The molecule has 2 aromatic carbocycles. The van der Waals surface area contributed by atoms with Crippen molar-refractivity contribution in [2.24, 2.45) is 0 Å². The Morgan fingerprint density at radius 1 is 1.00 bits per heavy atom. The third-order valence-corrected chi connectivity index (χ3v) is 2.90. The van der Waals surface area contributed by atoms with Gasteiger partial charge >= 0.3 is 0 Å². The van der Waals surface area contributed by atoms with Crippen LogP contribution in [0.15, 0.2) is 42.5 Å². The molecule has 0 aromatic heterocycles. The van der Waals surface area contributed by atoms with Crippen LogP contribution in [0.3, 0.4) is 0 Å². The molecule has 2 unspecified atom stereocenters. The molecule has 2 nitrogen and oxygen atoms in total. The number of fused-ring (bicyclic) bond motifs is 1. The van der Waals surface area contributed by atoms with Crippen LogP contribution >= 0.6 is 0 Å². The molecule has 2 atom stereocenters. The molecule has 0 saturated carbocycles. The Morgan fingerprint density at radius 2 is 1.69 bits per heavy atom. The van der Waals surface area contributed by atoms with Crippen LogP contribution in [-0.4, -0.2) is 17.3 Å². The lowest BCUT2D eigenvalue weighted by Gasteiger charge is -2.19. The van der Waals surface area contributed by atoms with Crippen molar-refractivity contribution in [2.75, 3.05) is 5.32 Å². The Kier molecular flexibility index (Phi) is 3.11. The molecule has 0 heterocycles. The van der Waals surface area contributed by atoms with Gasteiger partial charge in [-0.15, -0.1) is 0 Å². The summed E-state index contributed by atoms with van der Waals surface area (Å²) in [6, 6.07) is 14.4. The number of aliphatic hydroxyl groups is 1. The standard InChI is InChI=1S/C14H17NO/c1-10(11(2)16)15-14-9-5-7-12-6-3-4-8-13(12)14/h3-11,15-16H,1-2H3. The van der Waals surface area contributed by atoms with Crippen molar-refractivity contribution in [1.29, 1.82) is 0 Å². The van der Waals surface area contributed by atoms with Gasteiger partial charge in [-0.1, -0.05) is 36.4 Å². The van der Waals surface area contributed by atoms with Crippen LogP contribution in [-0.2, 0) is 0 Å². The smallest absolute Gasteiger partial charge is 0.0710 e. The van der Waals surface area contributed by atoms with Crippen LogP contribution in [0.4, 0.5) is 5.69 Å². The van der Waals surface area contributed by atoms with Crippen molar-refractivity contribution in [1.82, 2.24) is 0 Å². The minimum absolute atomic E-state index is 0.0470. The zero-order chi connectivity index (χ0) is 11.5. The maximum atomic E-state index is 9.49. The van der Waals surface area contributed by atoms with Gasteiger partial charge in [0, 0.05) is 17.1 Å². The third-order valence-electron chi connectivity index (χ3n) is 2.90. The van der Waals surface area contributed by atoms with Gasteiger partial charge in [0.1, 0.15) is 0 Å². The zero-order valence-electron chi connectivity index (χ0n) is 9.64. The molecule has 0 fully saturated rings. The molecule has 2 heteroatoms. The van der Waals surface area contributed by atoms with Crippen molar-refractivity contribution in [3.63, 3.8) is 0 Å². The SMILES string of the molecule is CC(O)C(C)Nc1cccc2ccccc12. The van der Waals surface area contributed by atoms with E-state index in [0.717, 1.165) is 5.69 Å². The quantitative estimate of drug-likeness (QED) is 0.825. The molecule has 2 N–H and O–H groups in total. The van der Waals surface area contributed by atoms with Gasteiger partial charge in [0.2, 0.25) is 0 Å². The summed E-state index contributed by atoms with van der Waals surface area (Å²) in [6.07, 6.45) is -0.362. The number of hydrogen-bond donors (Lipinski definition) is 2. The minimum atomic E-state index is -0.362. The Labute approximate surface area is 95.9 Å². The monoisotopic (exact) mass is 215 g/mol. The second kappa shape index (κ2) is 4.54. The van der Waals surface area contributed by atoms with E-state index in [0.29, 0.717) is 0 Å². The highest BCUT2D eigenvalue weighted by atomic mass is 16.3. The van der Waals surface area contributed by atoms with E-state index in [1.807, 2.05) is 31.2 Å². The van der Waals surface area contributed by atoms with Gasteiger partial charge in [0.15, 0.2) is 0 Å². The highest BCUT2D eigenvalue weighted by molar-refractivity contribution is 5.93. The number of anilines is 1. The molecule has 0 radical (unpaired) electrons. The molecule has 0 aliphatic rings. The molecule has 0 amide bonds. The first kappa shape index (κ1) is 11.0. The molecule has 2 aromatic rings. The molecular formula is C14H17NO. The maximum absolute atomic E-state index is 9.49. The van der Waals surface area contributed by atoms with Crippen LogP contribution in [0, 0.1) is 0 Å². The fourth-order valence-electron chi connectivity index (χ4n) is 1.72. The molecular weight excluding hydrogens is 198 g/mol. The number of benzene rings is 2.